The lowest BCUT2D eigenvalue weighted by molar-refractivity contribution is 0.0746. The van der Waals surface area contributed by atoms with E-state index in [1.165, 1.54) is 0 Å². The molecule has 3 heterocycles. The van der Waals surface area contributed by atoms with Crippen LogP contribution in [-0.2, 0) is 0 Å². The summed E-state index contributed by atoms with van der Waals surface area (Å²) in [5.74, 6) is 0.721. The Morgan fingerprint density at radius 3 is 2.32 bits per heavy atom. The fraction of sp³-hybridized carbons (Fsp3) is 0.208. The molecule has 2 aromatic carbocycles. The van der Waals surface area contributed by atoms with E-state index < -0.39 is 0 Å². The van der Waals surface area contributed by atoms with Crippen LogP contribution in [-0.4, -0.2) is 56.9 Å². The summed E-state index contributed by atoms with van der Waals surface area (Å²) in [6.45, 7) is 4.64. The van der Waals surface area contributed by atoms with Gasteiger partial charge in [-0.1, -0.05) is 30.3 Å². The van der Waals surface area contributed by atoms with Gasteiger partial charge in [0.2, 0.25) is 5.95 Å². The number of hydrogen-bond donors (Lipinski definition) is 0. The number of hydrogen-bond acceptors (Lipinski definition) is 6. The first kappa shape index (κ1) is 19.1. The zero-order valence-corrected chi connectivity index (χ0v) is 17.3. The maximum Gasteiger partial charge on any atom is 0.254 e. The van der Waals surface area contributed by atoms with E-state index in [-0.39, 0.29) is 5.91 Å². The van der Waals surface area contributed by atoms with E-state index in [0.29, 0.717) is 37.7 Å². The van der Waals surface area contributed by atoms with Crippen molar-refractivity contribution in [2.75, 3.05) is 31.1 Å². The van der Waals surface area contributed by atoms with Gasteiger partial charge in [0.15, 0.2) is 0 Å². The zero-order valence-electron chi connectivity index (χ0n) is 17.3. The first-order valence-electron chi connectivity index (χ1n) is 10.3. The highest BCUT2D eigenvalue weighted by Gasteiger charge is 2.23. The smallest absolute Gasteiger partial charge is 0.254 e. The van der Waals surface area contributed by atoms with Gasteiger partial charge in [-0.3, -0.25) is 4.79 Å². The third kappa shape index (κ3) is 3.82. The van der Waals surface area contributed by atoms with Crippen LogP contribution in [0.2, 0.25) is 0 Å². The first-order chi connectivity index (χ1) is 15.2. The second-order valence-corrected chi connectivity index (χ2v) is 7.56. The molecule has 5 rings (SSSR count). The molecule has 0 radical (unpaired) electrons. The van der Waals surface area contributed by atoms with Crippen molar-refractivity contribution in [2.45, 2.75) is 6.92 Å². The number of nitrogens with zero attached hydrogens (tertiary/aromatic N) is 6. The van der Waals surface area contributed by atoms with Gasteiger partial charge in [-0.25, -0.2) is 19.9 Å². The minimum Gasteiger partial charge on any atom is -0.337 e. The maximum atomic E-state index is 13.1. The maximum absolute atomic E-state index is 13.1. The monoisotopic (exact) mass is 410 g/mol. The summed E-state index contributed by atoms with van der Waals surface area (Å²) < 4.78 is 0. The van der Waals surface area contributed by atoms with Gasteiger partial charge in [0, 0.05) is 49.7 Å². The molecule has 0 unspecified atom stereocenters. The summed E-state index contributed by atoms with van der Waals surface area (Å²) in [4.78, 5) is 35.2. The van der Waals surface area contributed by atoms with Crippen molar-refractivity contribution in [3.8, 4) is 11.3 Å². The minimum absolute atomic E-state index is 0.0131. The van der Waals surface area contributed by atoms with Crippen molar-refractivity contribution in [3.05, 3.63) is 78.2 Å². The van der Waals surface area contributed by atoms with Gasteiger partial charge in [0.25, 0.3) is 5.91 Å². The lowest BCUT2D eigenvalue weighted by Crippen LogP contribution is -2.49. The highest BCUT2D eigenvalue weighted by atomic mass is 16.2. The predicted molar refractivity (Wildman–Crippen MR) is 120 cm³/mol. The second kappa shape index (κ2) is 8.10. The van der Waals surface area contributed by atoms with Crippen LogP contribution < -0.4 is 4.90 Å². The number of benzene rings is 2. The van der Waals surface area contributed by atoms with Crippen LogP contribution in [0.4, 0.5) is 5.95 Å². The van der Waals surface area contributed by atoms with Crippen LogP contribution in [0.1, 0.15) is 16.1 Å². The zero-order chi connectivity index (χ0) is 21.2. The Labute approximate surface area is 180 Å². The molecule has 1 aliphatic heterocycles. The number of rotatable bonds is 3. The van der Waals surface area contributed by atoms with E-state index in [1.807, 2.05) is 60.4 Å². The molecule has 1 fully saturated rings. The lowest BCUT2D eigenvalue weighted by atomic mass is 10.1. The van der Waals surface area contributed by atoms with Gasteiger partial charge in [-0.15, -0.1) is 0 Å². The van der Waals surface area contributed by atoms with Crippen molar-refractivity contribution in [1.82, 2.24) is 24.8 Å². The summed E-state index contributed by atoms with van der Waals surface area (Å²) in [7, 11) is 0. The van der Waals surface area contributed by atoms with Crippen LogP contribution in [0.25, 0.3) is 22.3 Å². The van der Waals surface area contributed by atoms with Gasteiger partial charge in [-0.05, 0) is 31.2 Å². The third-order valence-corrected chi connectivity index (χ3v) is 5.53. The third-order valence-electron chi connectivity index (χ3n) is 5.53. The molecule has 7 nitrogen and oxygen atoms in total. The van der Waals surface area contributed by atoms with Gasteiger partial charge in [-0.2, -0.15) is 0 Å². The van der Waals surface area contributed by atoms with Crippen molar-refractivity contribution >= 4 is 22.9 Å². The molecule has 0 N–H and O–H groups in total. The molecule has 7 heteroatoms. The normalized spacial score (nSPS) is 14.1. The van der Waals surface area contributed by atoms with Crippen LogP contribution >= 0.6 is 0 Å². The highest BCUT2D eigenvalue weighted by molar-refractivity contribution is 5.97. The molecular weight excluding hydrogens is 388 g/mol. The molecule has 31 heavy (non-hydrogen) atoms. The Kier molecular flexibility index (Phi) is 5.00. The number of piperazine rings is 1. The number of aryl methyl sites for hydroxylation is 1. The Morgan fingerprint density at radius 2 is 1.58 bits per heavy atom. The number of carbonyl (C=O) groups is 1. The van der Waals surface area contributed by atoms with Crippen molar-refractivity contribution in [2.24, 2.45) is 0 Å². The van der Waals surface area contributed by atoms with Crippen molar-refractivity contribution < 1.29 is 4.79 Å². The van der Waals surface area contributed by atoms with Crippen LogP contribution in [0.5, 0.6) is 0 Å². The lowest BCUT2D eigenvalue weighted by Gasteiger charge is -2.34. The van der Waals surface area contributed by atoms with Gasteiger partial charge in [0.1, 0.15) is 0 Å². The first-order valence-corrected chi connectivity index (χ1v) is 10.3. The van der Waals surface area contributed by atoms with E-state index in [4.69, 9.17) is 9.97 Å². The quantitative estimate of drug-likeness (QED) is 0.516. The molecule has 2 aromatic heterocycles. The van der Waals surface area contributed by atoms with E-state index in [1.54, 1.807) is 18.5 Å². The molecule has 1 aliphatic rings. The highest BCUT2D eigenvalue weighted by Crippen LogP contribution is 2.24. The van der Waals surface area contributed by atoms with Crippen molar-refractivity contribution in [1.29, 1.82) is 0 Å². The van der Waals surface area contributed by atoms with Crippen LogP contribution in [0.3, 0.4) is 0 Å². The Bertz CT molecular complexity index is 1220. The minimum atomic E-state index is 0.0131. The molecule has 0 bridgehead atoms. The molecule has 154 valence electrons. The largest absolute Gasteiger partial charge is 0.337 e. The van der Waals surface area contributed by atoms with Crippen molar-refractivity contribution in [3.63, 3.8) is 0 Å². The Morgan fingerprint density at radius 1 is 0.839 bits per heavy atom. The topological polar surface area (TPSA) is 75.1 Å². The molecule has 0 saturated carbocycles. The predicted octanol–water partition coefficient (Wildman–Crippen LogP) is 3.36. The van der Waals surface area contributed by atoms with Gasteiger partial charge < -0.3 is 9.80 Å². The molecule has 1 amide bonds. The number of anilines is 1. The number of fused-ring (bicyclic) bond motifs is 1. The molecule has 0 atom stereocenters. The molecule has 0 aliphatic carbocycles. The van der Waals surface area contributed by atoms with E-state index >= 15 is 0 Å². The van der Waals surface area contributed by atoms with E-state index in [2.05, 4.69) is 14.9 Å². The fourth-order valence-electron chi connectivity index (χ4n) is 3.89. The number of carbonyl (C=O) groups excluding carboxylic acids is 1. The van der Waals surface area contributed by atoms with E-state index in [0.717, 1.165) is 28.0 Å². The van der Waals surface area contributed by atoms with Crippen LogP contribution in [0.15, 0.2) is 67.0 Å². The molecule has 0 spiro atoms. The Balaban J connectivity index is 1.37. The van der Waals surface area contributed by atoms with E-state index in [9.17, 15) is 4.79 Å². The summed E-state index contributed by atoms with van der Waals surface area (Å²) in [5.41, 5.74) is 4.89. The number of aromatic nitrogens is 4. The SMILES string of the molecule is Cc1nc2ccc(C(=O)N3CCN(c4ncccn4)CC3)cc2nc1-c1ccccc1. The standard InChI is InChI=1S/C24H22N6O/c1-17-22(18-6-3-2-4-7-18)28-21-16-19(8-9-20(21)27-17)23(31)29-12-14-30(15-13-29)24-25-10-5-11-26-24/h2-11,16H,12-15H2,1H3. The van der Waals surface area contributed by atoms with Gasteiger partial charge >= 0.3 is 0 Å². The fourth-order valence-corrected chi connectivity index (χ4v) is 3.89. The summed E-state index contributed by atoms with van der Waals surface area (Å²) in [6.07, 6.45) is 3.47. The average Bonchev–Trinajstić information content (AvgIpc) is 2.84. The Hall–Kier alpha value is -3.87. The number of amides is 1. The van der Waals surface area contributed by atoms with Crippen LogP contribution in [0, 0.1) is 6.92 Å². The van der Waals surface area contributed by atoms with Gasteiger partial charge in [0.05, 0.1) is 22.4 Å². The summed E-state index contributed by atoms with van der Waals surface area (Å²) in [5, 5.41) is 0. The molecule has 1 saturated heterocycles. The molecule has 4 aromatic rings. The average molecular weight is 410 g/mol. The second-order valence-electron chi connectivity index (χ2n) is 7.56. The summed E-state index contributed by atoms with van der Waals surface area (Å²) in [6, 6.07) is 17.4. The molecular formula is C24H22N6O. The summed E-state index contributed by atoms with van der Waals surface area (Å²) >= 11 is 0.